The van der Waals surface area contributed by atoms with Crippen LogP contribution in [0.5, 0.6) is 0 Å². The smallest absolute Gasteiger partial charge is 0.0699 e. The van der Waals surface area contributed by atoms with Crippen molar-refractivity contribution in [2.45, 2.75) is 38.3 Å². The summed E-state index contributed by atoms with van der Waals surface area (Å²) in [6.07, 6.45) is 5.09. The minimum atomic E-state index is 0.544. The predicted molar refractivity (Wildman–Crippen MR) is 121 cm³/mol. The molecule has 0 amide bonds. The van der Waals surface area contributed by atoms with Gasteiger partial charge in [-0.1, -0.05) is 54.8 Å². The second-order valence-corrected chi connectivity index (χ2v) is 8.67. The number of H-pyrrole nitrogens is 1. The lowest BCUT2D eigenvalue weighted by atomic mass is 10.0. The minimum absolute atomic E-state index is 0.544. The van der Waals surface area contributed by atoms with Crippen molar-refractivity contribution >= 4 is 28.2 Å². The van der Waals surface area contributed by atoms with Gasteiger partial charge in [0.15, 0.2) is 0 Å². The van der Waals surface area contributed by atoms with Gasteiger partial charge in [0.1, 0.15) is 0 Å². The molecule has 2 heterocycles. The van der Waals surface area contributed by atoms with Gasteiger partial charge in [-0.2, -0.15) is 0 Å². The van der Waals surface area contributed by atoms with Crippen molar-refractivity contribution in [1.82, 2.24) is 9.88 Å². The highest BCUT2D eigenvalue weighted by Crippen LogP contribution is 2.38. The standard InChI is InChI=1S/C24H28ClN3O/c25-18-14-20-21(16-28-10-12-29-13-11-28)23(17-6-2-1-3-7-17)27-24(20)22(15-18)26-19-8-4-5-9-19/h1-3,6-7,14-15,19,26-27H,4-5,8-13,16H2. The molecule has 1 aromatic heterocycles. The lowest BCUT2D eigenvalue weighted by Gasteiger charge is -2.27. The molecular formula is C24H28ClN3O. The number of halogens is 1. The summed E-state index contributed by atoms with van der Waals surface area (Å²) in [6.45, 7) is 4.44. The molecule has 152 valence electrons. The number of nitrogens with zero attached hydrogens (tertiary/aromatic N) is 1. The van der Waals surface area contributed by atoms with Gasteiger partial charge in [0.05, 0.1) is 30.1 Å². The lowest BCUT2D eigenvalue weighted by Crippen LogP contribution is -2.35. The van der Waals surface area contributed by atoms with Crippen LogP contribution in [0.15, 0.2) is 42.5 Å². The molecule has 1 saturated carbocycles. The van der Waals surface area contributed by atoms with Gasteiger partial charge < -0.3 is 15.0 Å². The highest BCUT2D eigenvalue weighted by atomic mass is 35.5. The van der Waals surface area contributed by atoms with E-state index in [9.17, 15) is 0 Å². The number of ether oxygens (including phenoxy) is 1. The normalized spacial score (nSPS) is 18.5. The fraction of sp³-hybridized carbons (Fsp3) is 0.417. The highest BCUT2D eigenvalue weighted by Gasteiger charge is 2.22. The maximum absolute atomic E-state index is 6.59. The van der Waals surface area contributed by atoms with Crippen molar-refractivity contribution in [3.63, 3.8) is 0 Å². The number of morpholine rings is 1. The van der Waals surface area contributed by atoms with E-state index in [1.165, 1.54) is 53.4 Å². The molecule has 0 spiro atoms. The van der Waals surface area contributed by atoms with Crippen molar-refractivity contribution in [3.8, 4) is 11.3 Å². The number of anilines is 1. The third-order valence-corrected chi connectivity index (χ3v) is 6.46. The van der Waals surface area contributed by atoms with E-state index in [0.29, 0.717) is 6.04 Å². The molecule has 2 aromatic carbocycles. The summed E-state index contributed by atoms with van der Waals surface area (Å²) >= 11 is 6.59. The second kappa shape index (κ2) is 8.39. The quantitative estimate of drug-likeness (QED) is 0.569. The van der Waals surface area contributed by atoms with E-state index in [4.69, 9.17) is 16.3 Å². The zero-order chi connectivity index (χ0) is 19.6. The fourth-order valence-corrected chi connectivity index (χ4v) is 4.94. The van der Waals surface area contributed by atoms with E-state index < -0.39 is 0 Å². The van der Waals surface area contributed by atoms with Crippen LogP contribution in [0, 0.1) is 0 Å². The summed E-state index contributed by atoms with van der Waals surface area (Å²) < 4.78 is 5.55. The monoisotopic (exact) mass is 409 g/mol. The van der Waals surface area contributed by atoms with Crippen LogP contribution >= 0.6 is 11.6 Å². The average Bonchev–Trinajstić information content (AvgIpc) is 3.38. The Bertz CT molecular complexity index is 973. The molecule has 2 fully saturated rings. The maximum Gasteiger partial charge on any atom is 0.0699 e. The first-order valence-corrected chi connectivity index (χ1v) is 11.1. The van der Waals surface area contributed by atoms with Crippen LogP contribution in [-0.2, 0) is 11.3 Å². The van der Waals surface area contributed by atoms with Crippen molar-refractivity contribution in [2.75, 3.05) is 31.6 Å². The van der Waals surface area contributed by atoms with Crippen LogP contribution in [-0.4, -0.2) is 42.2 Å². The van der Waals surface area contributed by atoms with E-state index >= 15 is 0 Å². The van der Waals surface area contributed by atoms with Crippen molar-refractivity contribution in [2.24, 2.45) is 0 Å². The highest BCUT2D eigenvalue weighted by molar-refractivity contribution is 6.32. The fourth-order valence-electron chi connectivity index (χ4n) is 4.72. The van der Waals surface area contributed by atoms with Gasteiger partial charge in [-0.15, -0.1) is 0 Å². The molecule has 2 N–H and O–H groups in total. The number of benzene rings is 2. The van der Waals surface area contributed by atoms with Gasteiger partial charge in [0, 0.05) is 36.1 Å². The number of fused-ring (bicyclic) bond motifs is 1. The predicted octanol–water partition coefficient (Wildman–Crippen LogP) is 5.68. The molecule has 0 bridgehead atoms. The molecule has 4 nitrogen and oxygen atoms in total. The first-order valence-electron chi connectivity index (χ1n) is 10.7. The van der Waals surface area contributed by atoms with Crippen LogP contribution in [0.4, 0.5) is 5.69 Å². The number of hydrogen-bond acceptors (Lipinski definition) is 3. The van der Waals surface area contributed by atoms with Crippen molar-refractivity contribution < 1.29 is 4.74 Å². The molecule has 3 aromatic rings. The van der Waals surface area contributed by atoms with Gasteiger partial charge in [-0.05, 0) is 36.1 Å². The van der Waals surface area contributed by atoms with Crippen LogP contribution in [0.3, 0.4) is 0 Å². The number of aromatic amines is 1. The van der Waals surface area contributed by atoms with Gasteiger partial charge >= 0.3 is 0 Å². The molecular weight excluding hydrogens is 382 g/mol. The summed E-state index contributed by atoms with van der Waals surface area (Å²) in [6, 6.07) is 15.4. The first kappa shape index (κ1) is 19.0. The number of rotatable bonds is 5. The summed E-state index contributed by atoms with van der Waals surface area (Å²) in [4.78, 5) is 6.24. The van der Waals surface area contributed by atoms with Gasteiger partial charge in [-0.3, -0.25) is 4.90 Å². The minimum Gasteiger partial charge on any atom is -0.381 e. The Morgan fingerprint density at radius 1 is 1.07 bits per heavy atom. The number of aromatic nitrogens is 1. The van der Waals surface area contributed by atoms with E-state index in [2.05, 4.69) is 57.7 Å². The van der Waals surface area contributed by atoms with Crippen LogP contribution in [0.2, 0.25) is 5.02 Å². The Hall–Kier alpha value is -2.01. The summed E-state index contributed by atoms with van der Waals surface area (Å²) in [5.74, 6) is 0. The molecule has 1 aliphatic heterocycles. The largest absolute Gasteiger partial charge is 0.381 e. The lowest BCUT2D eigenvalue weighted by molar-refractivity contribution is 0.0344. The Labute approximate surface area is 177 Å². The summed E-state index contributed by atoms with van der Waals surface area (Å²) in [5.41, 5.74) is 6.04. The molecule has 5 rings (SSSR count). The van der Waals surface area contributed by atoms with Crippen molar-refractivity contribution in [1.29, 1.82) is 0 Å². The summed E-state index contributed by atoms with van der Waals surface area (Å²) in [5, 5.41) is 5.79. The Morgan fingerprint density at radius 2 is 1.83 bits per heavy atom. The Morgan fingerprint density at radius 3 is 2.59 bits per heavy atom. The van der Waals surface area contributed by atoms with Crippen LogP contribution < -0.4 is 5.32 Å². The molecule has 5 heteroatoms. The van der Waals surface area contributed by atoms with E-state index in [1.54, 1.807) is 0 Å². The molecule has 2 aliphatic rings. The zero-order valence-corrected chi connectivity index (χ0v) is 17.5. The molecule has 29 heavy (non-hydrogen) atoms. The molecule has 0 atom stereocenters. The molecule has 0 unspecified atom stereocenters. The average molecular weight is 410 g/mol. The second-order valence-electron chi connectivity index (χ2n) is 8.23. The van der Waals surface area contributed by atoms with Gasteiger partial charge in [-0.25, -0.2) is 0 Å². The Balaban J connectivity index is 1.61. The van der Waals surface area contributed by atoms with E-state index in [-0.39, 0.29) is 0 Å². The summed E-state index contributed by atoms with van der Waals surface area (Å²) in [7, 11) is 0. The topological polar surface area (TPSA) is 40.3 Å². The number of nitrogens with one attached hydrogen (secondary N) is 2. The molecule has 0 radical (unpaired) electrons. The molecule has 1 aliphatic carbocycles. The SMILES string of the molecule is Clc1cc(NC2CCCC2)c2[nH]c(-c3ccccc3)c(CN3CCOCC3)c2c1. The first-order chi connectivity index (χ1) is 14.3. The van der Waals surface area contributed by atoms with Crippen LogP contribution in [0.1, 0.15) is 31.2 Å². The van der Waals surface area contributed by atoms with Gasteiger partial charge in [0.2, 0.25) is 0 Å². The van der Waals surface area contributed by atoms with Crippen molar-refractivity contribution in [3.05, 3.63) is 53.1 Å². The van der Waals surface area contributed by atoms with Gasteiger partial charge in [0.25, 0.3) is 0 Å². The zero-order valence-electron chi connectivity index (χ0n) is 16.7. The van der Waals surface area contributed by atoms with E-state index in [0.717, 1.165) is 43.6 Å². The van der Waals surface area contributed by atoms with Crippen LogP contribution in [0.25, 0.3) is 22.2 Å². The third kappa shape index (κ3) is 4.02. The Kier molecular flexibility index (Phi) is 5.49. The number of hydrogen-bond donors (Lipinski definition) is 2. The molecule has 1 saturated heterocycles. The maximum atomic E-state index is 6.59. The third-order valence-electron chi connectivity index (χ3n) is 6.24. The van der Waals surface area contributed by atoms with E-state index in [1.807, 2.05) is 0 Å².